The average molecular weight is 1190 g/mol. The predicted octanol–water partition coefficient (Wildman–Crippen LogP) is 13.3. The number of nitrogens with zero attached hydrogens (tertiary/aromatic N) is 8. The number of rotatable bonds is 19. The molecule has 2 aliphatic rings. The summed E-state index contributed by atoms with van der Waals surface area (Å²) in [6.45, 7) is 23.2. The summed E-state index contributed by atoms with van der Waals surface area (Å²) < 4.78 is 68.9. The van der Waals surface area contributed by atoms with Crippen molar-refractivity contribution in [1.29, 1.82) is 0 Å². The summed E-state index contributed by atoms with van der Waals surface area (Å²) in [5, 5.41) is 9.84. The van der Waals surface area contributed by atoms with E-state index in [1.54, 1.807) is 18.0 Å². The third-order valence-electron chi connectivity index (χ3n) is 15.9. The number of anilines is 2. The number of hydrogen-bond donors (Lipinski definition) is 1. The number of oxazole rings is 2. The molecule has 0 unspecified atom stereocenters. The predicted molar refractivity (Wildman–Crippen MR) is 326 cm³/mol. The fourth-order valence-corrected chi connectivity index (χ4v) is 10.9. The number of ether oxygens (including phenoxy) is 3. The molecule has 0 spiro atoms. The first kappa shape index (κ1) is 62.9. The molecule has 0 bridgehead atoms. The number of carboxylic acid groups (broad SMARTS) is 1. The Morgan fingerprint density at radius 1 is 0.575 bits per heavy atom. The van der Waals surface area contributed by atoms with E-state index in [0.717, 1.165) is 68.9 Å². The lowest BCUT2D eigenvalue weighted by Crippen LogP contribution is -2.27. The number of benzene rings is 4. The highest BCUT2D eigenvalue weighted by molar-refractivity contribution is 5.75. The molecule has 6 heterocycles. The third-order valence-corrected chi connectivity index (χ3v) is 15.9. The number of carbonyl (C=O) groups is 2. The quantitative estimate of drug-likeness (QED) is 0.0751. The van der Waals surface area contributed by atoms with Crippen LogP contribution in [0.1, 0.15) is 105 Å². The van der Waals surface area contributed by atoms with Gasteiger partial charge in [0, 0.05) is 68.2 Å². The smallest absolute Gasteiger partial charge is 0.433 e. The van der Waals surface area contributed by atoms with Crippen molar-refractivity contribution in [2.24, 2.45) is 23.7 Å². The van der Waals surface area contributed by atoms with Crippen LogP contribution in [0, 0.1) is 44.4 Å². The highest BCUT2D eigenvalue weighted by Gasteiger charge is 2.42. The Bertz CT molecular complexity index is 3590. The molecule has 87 heavy (non-hydrogen) atoms. The van der Waals surface area contributed by atoms with Crippen LogP contribution < -0.4 is 19.3 Å². The summed E-state index contributed by atoms with van der Waals surface area (Å²) >= 11 is 0. The molecule has 0 saturated carbocycles. The molecule has 1 N–H and O–H groups in total. The van der Waals surface area contributed by atoms with Gasteiger partial charge < -0.3 is 38.0 Å². The highest BCUT2D eigenvalue weighted by atomic mass is 19.4. The lowest BCUT2D eigenvalue weighted by atomic mass is 9.87. The summed E-state index contributed by atoms with van der Waals surface area (Å²) in [4.78, 5) is 54.4. The summed E-state index contributed by atoms with van der Waals surface area (Å²) in [5.41, 5.74) is 8.19. The molecule has 8 aromatic rings. The Kier molecular flexibility index (Phi) is 19.5. The van der Waals surface area contributed by atoms with Gasteiger partial charge in [-0.1, -0.05) is 90.1 Å². The summed E-state index contributed by atoms with van der Waals surface area (Å²) in [5.74, 6) is 2.38. The Hall–Kier alpha value is -8.61. The van der Waals surface area contributed by atoms with Crippen molar-refractivity contribution in [3.05, 3.63) is 178 Å². The molecule has 2 aliphatic heterocycles. The molecule has 19 heteroatoms. The Labute approximate surface area is 506 Å². The van der Waals surface area contributed by atoms with Gasteiger partial charge in [0.1, 0.15) is 28.7 Å². The number of carbonyl (C=O) groups excluding carboxylic acids is 1. The Balaban J connectivity index is 0.000000209. The van der Waals surface area contributed by atoms with Crippen molar-refractivity contribution in [3.8, 4) is 34.4 Å². The monoisotopic (exact) mass is 1190 g/mol. The van der Waals surface area contributed by atoms with Crippen LogP contribution in [0.25, 0.3) is 22.9 Å². The second kappa shape index (κ2) is 27.0. The first-order valence-electron chi connectivity index (χ1n) is 29.6. The Morgan fingerprint density at radius 3 is 1.44 bits per heavy atom. The number of alkyl halides is 3. The maximum Gasteiger partial charge on any atom is 0.433 e. The summed E-state index contributed by atoms with van der Waals surface area (Å²) in [7, 11) is 0. The first-order chi connectivity index (χ1) is 41.4. The highest BCUT2D eigenvalue weighted by Crippen LogP contribution is 2.35. The standard InChI is InChI=1S/C35H39F3N4O4.C33H38N4O4/c1-6-44-32(43)28-21-42(33-39-17-15-30(41-33)35(36,37)38)20-25(28)19-23-7-13-27(14-8-23)45-18-16-29-22(2)46-31(40-29)24-9-11-26(12-10-24)34(3,4)5;1-21-14-16-34-32(35-21)37-19-25(28(20-37)31(38)39)18-23-6-12-27(13-7-23)40-17-15-29-22(2)41-30(36-29)24-8-10-26(11-9-24)33(3,4)5/h7-15,17,25,28H,6,16,18-21H2,1-5H3;6-14,16,25,28H,15,17-20H2,1-5H3,(H,38,39)/t25-,28-;25-,28+/m11/s1. The van der Waals surface area contributed by atoms with Gasteiger partial charge in [-0.05, 0) is 146 Å². The van der Waals surface area contributed by atoms with Gasteiger partial charge in [0.2, 0.25) is 23.7 Å². The van der Waals surface area contributed by atoms with Crippen LogP contribution >= 0.6 is 0 Å². The van der Waals surface area contributed by atoms with E-state index < -0.39 is 29.7 Å². The second-order valence-corrected chi connectivity index (χ2v) is 24.5. The lowest BCUT2D eigenvalue weighted by molar-refractivity contribution is -0.148. The largest absolute Gasteiger partial charge is 0.493 e. The SMILES string of the molecule is CCOC(=O)[C@@H]1CN(c2nccc(C(F)(F)F)n2)C[C@H]1Cc1ccc(OCCc2nc(-c3ccc(C(C)(C)C)cc3)oc2C)cc1.Cc1ccnc(N2C[C@@H](Cc3ccc(OCCc4nc(-c5ccc(C(C)(C)C)cc5)oc4C)cc3)[C@@H](C(=O)O)C2)n1. The van der Waals surface area contributed by atoms with Crippen LogP contribution in [0.4, 0.5) is 25.1 Å². The fourth-order valence-electron chi connectivity index (χ4n) is 10.9. The number of halogens is 3. The summed E-state index contributed by atoms with van der Waals surface area (Å²) in [6.07, 6.45) is 0.619. The Morgan fingerprint density at radius 2 is 1.01 bits per heavy atom. The van der Waals surface area contributed by atoms with Gasteiger partial charge in [-0.25, -0.2) is 29.9 Å². The average Bonchev–Trinajstić information content (AvgIpc) is 2.53. The molecule has 0 amide bonds. The number of aryl methyl sites for hydroxylation is 3. The zero-order valence-electron chi connectivity index (χ0n) is 51.2. The molecule has 2 fully saturated rings. The molecule has 0 radical (unpaired) electrons. The van der Waals surface area contributed by atoms with Gasteiger partial charge in [-0.2, -0.15) is 13.2 Å². The number of esters is 1. The fraction of sp³-hybridized carbons (Fsp3) is 0.412. The van der Waals surface area contributed by atoms with Crippen molar-refractivity contribution in [1.82, 2.24) is 29.9 Å². The van der Waals surface area contributed by atoms with Crippen LogP contribution in [0.2, 0.25) is 0 Å². The number of carboxylic acids is 1. The minimum absolute atomic E-state index is 0.0302. The molecule has 10 rings (SSSR count). The van der Waals surface area contributed by atoms with Gasteiger partial charge in [-0.3, -0.25) is 9.59 Å². The lowest BCUT2D eigenvalue weighted by Gasteiger charge is -2.18. The molecule has 4 aromatic carbocycles. The van der Waals surface area contributed by atoms with E-state index in [2.05, 4.69) is 97.9 Å². The molecular formula is C68H77F3N8O8. The van der Waals surface area contributed by atoms with E-state index >= 15 is 0 Å². The van der Waals surface area contributed by atoms with Gasteiger partial charge >= 0.3 is 18.1 Å². The van der Waals surface area contributed by atoms with Gasteiger partial charge in [-0.15, -0.1) is 0 Å². The number of hydrogen-bond acceptors (Lipinski definition) is 15. The van der Waals surface area contributed by atoms with E-state index in [4.69, 9.17) is 33.0 Å². The molecule has 0 aliphatic carbocycles. The van der Waals surface area contributed by atoms with Gasteiger partial charge in [0.15, 0.2) is 0 Å². The van der Waals surface area contributed by atoms with E-state index in [-0.39, 0.29) is 47.7 Å². The van der Waals surface area contributed by atoms with Crippen LogP contribution in [-0.2, 0) is 57.0 Å². The van der Waals surface area contributed by atoms with Gasteiger partial charge in [0.05, 0.1) is 43.0 Å². The van der Waals surface area contributed by atoms with Crippen LogP contribution in [0.15, 0.2) is 130 Å². The normalized spacial score (nSPS) is 17.0. The van der Waals surface area contributed by atoms with E-state index in [1.165, 1.54) is 11.1 Å². The maximum atomic E-state index is 13.2. The van der Waals surface area contributed by atoms with E-state index in [1.807, 2.05) is 92.4 Å². The van der Waals surface area contributed by atoms with E-state index in [0.29, 0.717) is 82.0 Å². The zero-order valence-corrected chi connectivity index (χ0v) is 51.2. The zero-order chi connectivity index (χ0) is 62.2. The van der Waals surface area contributed by atoms with Crippen molar-refractivity contribution in [2.75, 3.05) is 55.8 Å². The number of aliphatic carboxylic acids is 1. The molecule has 2 saturated heterocycles. The number of aromatic nitrogens is 6. The topological polar surface area (TPSA) is 192 Å². The third kappa shape index (κ3) is 16.3. The maximum absolute atomic E-state index is 13.2. The van der Waals surface area contributed by atoms with Crippen molar-refractivity contribution in [2.45, 2.75) is 112 Å². The van der Waals surface area contributed by atoms with Crippen molar-refractivity contribution >= 4 is 23.8 Å². The van der Waals surface area contributed by atoms with Gasteiger partial charge in [0.25, 0.3) is 0 Å². The molecular weight excluding hydrogens is 1110 g/mol. The van der Waals surface area contributed by atoms with Crippen molar-refractivity contribution in [3.63, 3.8) is 0 Å². The molecule has 4 aromatic heterocycles. The minimum atomic E-state index is -4.59. The molecule has 458 valence electrons. The van der Waals surface area contributed by atoms with E-state index in [9.17, 15) is 27.9 Å². The summed E-state index contributed by atoms with van der Waals surface area (Å²) in [6, 6.07) is 34.8. The molecule has 4 atom stereocenters. The van der Waals surface area contributed by atoms with Crippen LogP contribution in [-0.4, -0.2) is 92.9 Å². The molecule has 16 nitrogen and oxygen atoms in total. The second-order valence-electron chi connectivity index (χ2n) is 24.5. The van der Waals surface area contributed by atoms with Crippen LogP contribution in [0.3, 0.4) is 0 Å². The van der Waals surface area contributed by atoms with Crippen LogP contribution in [0.5, 0.6) is 11.5 Å². The minimum Gasteiger partial charge on any atom is -0.493 e. The van der Waals surface area contributed by atoms with Crippen molar-refractivity contribution < 1.29 is 50.9 Å². The first-order valence-corrected chi connectivity index (χ1v) is 29.6.